The maximum absolute atomic E-state index is 11.6. The molecule has 1 aliphatic heterocycles. The van der Waals surface area contributed by atoms with Crippen LogP contribution in [0.15, 0.2) is 30.3 Å². The van der Waals surface area contributed by atoms with Crippen LogP contribution in [-0.4, -0.2) is 43.4 Å². The molecule has 0 saturated carbocycles. The number of morpholine rings is 1. The average molecular weight is 263 g/mol. The number of carbonyl (C=O) groups excluding carboxylic acids is 1. The molecule has 1 aliphatic rings. The lowest BCUT2D eigenvalue weighted by Gasteiger charge is -2.36. The Hall–Kier alpha value is -1.55. The second-order valence-electron chi connectivity index (χ2n) is 4.97. The number of ether oxygens (including phenoxy) is 2. The zero-order valence-electron chi connectivity index (χ0n) is 11.5. The van der Waals surface area contributed by atoms with Crippen LogP contribution in [-0.2, 0) is 15.9 Å². The Bertz CT molecular complexity index is 407. The van der Waals surface area contributed by atoms with Crippen LogP contribution in [0.5, 0.6) is 0 Å². The zero-order chi connectivity index (χ0) is 13.7. The van der Waals surface area contributed by atoms with Gasteiger partial charge in [-0.15, -0.1) is 0 Å². The summed E-state index contributed by atoms with van der Waals surface area (Å²) in [5, 5.41) is 0. The van der Waals surface area contributed by atoms with Crippen molar-refractivity contribution >= 4 is 6.09 Å². The van der Waals surface area contributed by atoms with E-state index >= 15 is 0 Å². The Morgan fingerprint density at radius 3 is 2.79 bits per heavy atom. The molecule has 0 aliphatic carbocycles. The molecular weight excluding hydrogens is 242 g/mol. The van der Waals surface area contributed by atoms with E-state index in [1.165, 1.54) is 12.7 Å². The van der Waals surface area contributed by atoms with Gasteiger partial charge in [0, 0.05) is 0 Å². The van der Waals surface area contributed by atoms with Crippen molar-refractivity contribution in [2.24, 2.45) is 0 Å². The second-order valence-corrected chi connectivity index (χ2v) is 4.97. The van der Waals surface area contributed by atoms with Crippen LogP contribution in [0.4, 0.5) is 4.79 Å². The van der Waals surface area contributed by atoms with Gasteiger partial charge in [0.15, 0.2) is 0 Å². The molecule has 2 rings (SSSR count). The SMILES string of the molecule is COC(=O)N1CC(C)OC(CCc2ccccc2)C1. The molecule has 1 aromatic carbocycles. The minimum atomic E-state index is -0.264. The number of nitrogens with zero attached hydrogens (tertiary/aromatic N) is 1. The van der Waals surface area contributed by atoms with Gasteiger partial charge in [-0.3, -0.25) is 0 Å². The van der Waals surface area contributed by atoms with Crippen molar-refractivity contribution in [3.05, 3.63) is 35.9 Å². The van der Waals surface area contributed by atoms with Crippen LogP contribution < -0.4 is 0 Å². The number of hydrogen-bond donors (Lipinski definition) is 0. The Morgan fingerprint density at radius 1 is 1.37 bits per heavy atom. The Kier molecular flexibility index (Phi) is 4.80. The number of rotatable bonds is 3. The first-order valence-electron chi connectivity index (χ1n) is 6.71. The first kappa shape index (κ1) is 13.9. The molecule has 1 aromatic rings. The molecular formula is C15H21NO3. The maximum atomic E-state index is 11.6. The highest BCUT2D eigenvalue weighted by atomic mass is 16.5. The molecule has 4 nitrogen and oxygen atoms in total. The zero-order valence-corrected chi connectivity index (χ0v) is 11.5. The van der Waals surface area contributed by atoms with Crippen LogP contribution in [0, 0.1) is 0 Å². The Balaban J connectivity index is 1.87. The molecule has 2 unspecified atom stereocenters. The molecule has 0 aromatic heterocycles. The van der Waals surface area contributed by atoms with Gasteiger partial charge in [0.25, 0.3) is 0 Å². The van der Waals surface area contributed by atoms with Gasteiger partial charge < -0.3 is 14.4 Å². The standard InChI is InChI=1S/C15H21NO3/c1-12-10-16(15(17)18-2)11-14(19-12)9-8-13-6-4-3-5-7-13/h3-7,12,14H,8-11H2,1-2H3. The minimum Gasteiger partial charge on any atom is -0.453 e. The predicted molar refractivity (Wildman–Crippen MR) is 73.1 cm³/mol. The highest BCUT2D eigenvalue weighted by molar-refractivity contribution is 5.67. The van der Waals surface area contributed by atoms with Crippen LogP contribution in [0.2, 0.25) is 0 Å². The quantitative estimate of drug-likeness (QED) is 0.841. The summed E-state index contributed by atoms with van der Waals surface area (Å²) in [6.45, 7) is 3.21. The van der Waals surface area contributed by atoms with Crippen LogP contribution in [0.1, 0.15) is 18.9 Å². The number of aryl methyl sites for hydroxylation is 1. The van der Waals surface area contributed by atoms with Crippen LogP contribution in [0.25, 0.3) is 0 Å². The summed E-state index contributed by atoms with van der Waals surface area (Å²) in [6.07, 6.45) is 1.77. The lowest BCUT2D eigenvalue weighted by Crippen LogP contribution is -2.49. The van der Waals surface area contributed by atoms with E-state index in [-0.39, 0.29) is 18.3 Å². The van der Waals surface area contributed by atoms with Gasteiger partial charge in [-0.2, -0.15) is 0 Å². The largest absolute Gasteiger partial charge is 0.453 e. The molecule has 104 valence electrons. The smallest absolute Gasteiger partial charge is 0.409 e. The molecule has 1 heterocycles. The van der Waals surface area contributed by atoms with Crippen molar-refractivity contribution in [3.8, 4) is 0 Å². The fraction of sp³-hybridized carbons (Fsp3) is 0.533. The molecule has 1 amide bonds. The first-order valence-corrected chi connectivity index (χ1v) is 6.71. The molecule has 19 heavy (non-hydrogen) atoms. The van der Waals surface area contributed by atoms with Gasteiger partial charge in [-0.05, 0) is 25.3 Å². The molecule has 1 saturated heterocycles. The van der Waals surface area contributed by atoms with E-state index < -0.39 is 0 Å². The average Bonchev–Trinajstić information content (AvgIpc) is 2.45. The van der Waals surface area contributed by atoms with Gasteiger partial charge in [-0.25, -0.2) is 4.79 Å². The van der Waals surface area contributed by atoms with Crippen molar-refractivity contribution in [2.45, 2.75) is 32.0 Å². The van der Waals surface area contributed by atoms with Crippen molar-refractivity contribution in [1.29, 1.82) is 0 Å². The highest BCUT2D eigenvalue weighted by Crippen LogP contribution is 2.16. The number of hydrogen-bond acceptors (Lipinski definition) is 3. The third-order valence-corrected chi connectivity index (χ3v) is 3.36. The van der Waals surface area contributed by atoms with Gasteiger partial charge >= 0.3 is 6.09 Å². The maximum Gasteiger partial charge on any atom is 0.409 e. The van der Waals surface area contributed by atoms with Gasteiger partial charge in [0.2, 0.25) is 0 Å². The summed E-state index contributed by atoms with van der Waals surface area (Å²) in [4.78, 5) is 13.3. The van der Waals surface area contributed by atoms with Crippen molar-refractivity contribution in [1.82, 2.24) is 4.90 Å². The minimum absolute atomic E-state index is 0.0635. The fourth-order valence-corrected chi connectivity index (χ4v) is 2.46. The summed E-state index contributed by atoms with van der Waals surface area (Å²) >= 11 is 0. The Morgan fingerprint density at radius 2 is 2.11 bits per heavy atom. The van der Waals surface area contributed by atoms with E-state index in [1.54, 1.807) is 4.90 Å². The predicted octanol–water partition coefficient (Wildman–Crippen LogP) is 2.47. The lowest BCUT2D eigenvalue weighted by molar-refractivity contribution is -0.0731. The van der Waals surface area contributed by atoms with Crippen LogP contribution in [0.3, 0.4) is 0 Å². The number of benzene rings is 1. The molecule has 0 radical (unpaired) electrons. The van der Waals surface area contributed by atoms with E-state index in [0.717, 1.165) is 12.8 Å². The first-order chi connectivity index (χ1) is 9.19. The lowest BCUT2D eigenvalue weighted by atomic mass is 10.1. The van der Waals surface area contributed by atoms with Gasteiger partial charge in [-0.1, -0.05) is 30.3 Å². The van der Waals surface area contributed by atoms with E-state index in [1.807, 2.05) is 25.1 Å². The third kappa shape index (κ3) is 3.96. The van der Waals surface area contributed by atoms with Gasteiger partial charge in [0.1, 0.15) is 0 Å². The number of amides is 1. The summed E-state index contributed by atoms with van der Waals surface area (Å²) in [5.41, 5.74) is 1.30. The normalized spacial score (nSPS) is 23.2. The van der Waals surface area contributed by atoms with Gasteiger partial charge in [0.05, 0.1) is 32.4 Å². The van der Waals surface area contributed by atoms with E-state index in [9.17, 15) is 4.79 Å². The summed E-state index contributed by atoms with van der Waals surface area (Å²) < 4.78 is 10.7. The topological polar surface area (TPSA) is 38.8 Å². The Labute approximate surface area is 114 Å². The summed E-state index contributed by atoms with van der Waals surface area (Å²) in [7, 11) is 1.42. The number of methoxy groups -OCH3 is 1. The summed E-state index contributed by atoms with van der Waals surface area (Å²) in [6, 6.07) is 10.3. The third-order valence-electron chi connectivity index (χ3n) is 3.36. The van der Waals surface area contributed by atoms with Crippen LogP contribution >= 0.6 is 0 Å². The fourth-order valence-electron chi connectivity index (χ4n) is 2.46. The molecule has 1 fully saturated rings. The highest BCUT2D eigenvalue weighted by Gasteiger charge is 2.28. The summed E-state index contributed by atoms with van der Waals surface area (Å²) in [5.74, 6) is 0. The molecule has 0 N–H and O–H groups in total. The molecule has 2 atom stereocenters. The van der Waals surface area contributed by atoms with E-state index in [0.29, 0.717) is 13.1 Å². The molecule has 0 bridgehead atoms. The van der Waals surface area contributed by atoms with Crippen molar-refractivity contribution in [2.75, 3.05) is 20.2 Å². The molecule has 4 heteroatoms. The van der Waals surface area contributed by atoms with Crippen molar-refractivity contribution < 1.29 is 14.3 Å². The molecule has 0 spiro atoms. The monoisotopic (exact) mass is 263 g/mol. The number of carbonyl (C=O) groups is 1. The van der Waals surface area contributed by atoms with E-state index in [4.69, 9.17) is 9.47 Å². The second kappa shape index (κ2) is 6.57. The van der Waals surface area contributed by atoms with Crippen molar-refractivity contribution in [3.63, 3.8) is 0 Å². The van der Waals surface area contributed by atoms with E-state index in [2.05, 4.69) is 12.1 Å².